The number of rotatable bonds is 2. The number of piperidine rings is 1. The van der Waals surface area contributed by atoms with E-state index in [9.17, 15) is 4.79 Å². The van der Waals surface area contributed by atoms with E-state index in [1.807, 2.05) is 17.0 Å². The molecular formula is C13H15N3O. The van der Waals surface area contributed by atoms with Gasteiger partial charge in [0.2, 0.25) is 5.91 Å². The van der Waals surface area contributed by atoms with Crippen LogP contribution in [0, 0.1) is 17.2 Å². The molecule has 1 amide bonds. The Morgan fingerprint density at radius 3 is 2.88 bits per heavy atom. The lowest BCUT2D eigenvalue weighted by molar-refractivity contribution is -0.131. The van der Waals surface area contributed by atoms with Crippen LogP contribution in [0.25, 0.3) is 0 Å². The Morgan fingerprint density at radius 1 is 1.53 bits per heavy atom. The van der Waals surface area contributed by atoms with Crippen molar-refractivity contribution in [2.24, 2.45) is 5.92 Å². The monoisotopic (exact) mass is 229 g/mol. The van der Waals surface area contributed by atoms with Crippen molar-refractivity contribution in [3.05, 3.63) is 30.1 Å². The second-order valence-electron chi connectivity index (χ2n) is 4.32. The maximum atomic E-state index is 12.0. The number of hydrogen-bond acceptors (Lipinski definition) is 3. The fourth-order valence-electron chi connectivity index (χ4n) is 2.05. The van der Waals surface area contributed by atoms with Crippen molar-refractivity contribution in [3.63, 3.8) is 0 Å². The highest BCUT2D eigenvalue weighted by Crippen LogP contribution is 2.16. The zero-order chi connectivity index (χ0) is 12.1. The average molecular weight is 229 g/mol. The number of hydrogen-bond donors (Lipinski definition) is 0. The van der Waals surface area contributed by atoms with Crippen LogP contribution in [0.1, 0.15) is 18.4 Å². The fourth-order valence-corrected chi connectivity index (χ4v) is 2.05. The number of carbonyl (C=O) groups excluding carboxylic acids is 1. The van der Waals surface area contributed by atoms with Gasteiger partial charge in [0.05, 0.1) is 12.5 Å². The molecule has 1 aliphatic heterocycles. The molecule has 88 valence electrons. The van der Waals surface area contributed by atoms with Crippen LogP contribution in [-0.2, 0) is 11.2 Å². The molecule has 1 aromatic rings. The molecule has 0 unspecified atom stereocenters. The smallest absolute Gasteiger partial charge is 0.227 e. The summed E-state index contributed by atoms with van der Waals surface area (Å²) in [6.45, 7) is 1.41. The molecule has 4 nitrogen and oxygen atoms in total. The van der Waals surface area contributed by atoms with E-state index in [0.29, 0.717) is 19.5 Å². The molecule has 0 aromatic carbocycles. The summed E-state index contributed by atoms with van der Waals surface area (Å²) >= 11 is 0. The van der Waals surface area contributed by atoms with Crippen LogP contribution in [0.4, 0.5) is 0 Å². The van der Waals surface area contributed by atoms with Crippen LogP contribution in [0.3, 0.4) is 0 Å². The number of carbonyl (C=O) groups is 1. The largest absolute Gasteiger partial charge is 0.342 e. The summed E-state index contributed by atoms with van der Waals surface area (Å²) in [6, 6.07) is 6.01. The SMILES string of the molecule is N#CC1CCN(C(=O)Cc2cccnc2)CC1. The van der Waals surface area contributed by atoms with Gasteiger partial charge in [-0.15, -0.1) is 0 Å². The first kappa shape index (κ1) is 11.6. The van der Waals surface area contributed by atoms with Crippen LogP contribution >= 0.6 is 0 Å². The van der Waals surface area contributed by atoms with Gasteiger partial charge >= 0.3 is 0 Å². The van der Waals surface area contributed by atoms with Gasteiger partial charge in [-0.05, 0) is 24.5 Å². The summed E-state index contributed by atoms with van der Waals surface area (Å²) in [4.78, 5) is 17.8. The lowest BCUT2D eigenvalue weighted by Crippen LogP contribution is -2.39. The van der Waals surface area contributed by atoms with Crippen molar-refractivity contribution in [2.75, 3.05) is 13.1 Å². The van der Waals surface area contributed by atoms with E-state index in [0.717, 1.165) is 18.4 Å². The predicted octanol–water partition coefficient (Wildman–Crippen LogP) is 1.39. The predicted molar refractivity (Wildman–Crippen MR) is 62.9 cm³/mol. The molecule has 0 aliphatic carbocycles. The van der Waals surface area contributed by atoms with Gasteiger partial charge in [0, 0.05) is 31.4 Å². The van der Waals surface area contributed by atoms with Gasteiger partial charge in [-0.1, -0.05) is 6.07 Å². The number of pyridine rings is 1. The maximum Gasteiger partial charge on any atom is 0.227 e. The Labute approximate surface area is 101 Å². The standard InChI is InChI=1S/C13H15N3O/c14-9-11-3-6-16(7-4-11)13(17)8-12-2-1-5-15-10-12/h1-2,5,10-11H,3-4,6-8H2. The normalized spacial score (nSPS) is 16.5. The summed E-state index contributed by atoms with van der Waals surface area (Å²) in [6.07, 6.45) is 5.43. The van der Waals surface area contributed by atoms with Crippen molar-refractivity contribution in [1.82, 2.24) is 9.88 Å². The van der Waals surface area contributed by atoms with Gasteiger partial charge in [-0.3, -0.25) is 9.78 Å². The molecule has 1 aromatic heterocycles. The average Bonchev–Trinajstić information content (AvgIpc) is 2.40. The molecule has 2 rings (SSSR count). The minimum Gasteiger partial charge on any atom is -0.342 e. The van der Waals surface area contributed by atoms with Crippen molar-refractivity contribution < 1.29 is 4.79 Å². The van der Waals surface area contributed by atoms with Crippen LogP contribution in [0.15, 0.2) is 24.5 Å². The van der Waals surface area contributed by atoms with E-state index in [4.69, 9.17) is 5.26 Å². The first-order chi connectivity index (χ1) is 8.29. The van der Waals surface area contributed by atoms with Crippen molar-refractivity contribution >= 4 is 5.91 Å². The Kier molecular flexibility index (Phi) is 3.71. The van der Waals surface area contributed by atoms with Crippen molar-refractivity contribution in [1.29, 1.82) is 5.26 Å². The number of nitriles is 1. The van der Waals surface area contributed by atoms with Crippen LogP contribution in [-0.4, -0.2) is 28.9 Å². The molecule has 2 heterocycles. The first-order valence-corrected chi connectivity index (χ1v) is 5.86. The molecule has 4 heteroatoms. The summed E-state index contributed by atoms with van der Waals surface area (Å²) in [7, 11) is 0. The second-order valence-corrected chi connectivity index (χ2v) is 4.32. The van der Waals surface area contributed by atoms with E-state index in [1.165, 1.54) is 0 Å². The number of aromatic nitrogens is 1. The third kappa shape index (κ3) is 3.04. The first-order valence-electron chi connectivity index (χ1n) is 5.86. The quantitative estimate of drug-likeness (QED) is 0.770. The summed E-state index contributed by atoms with van der Waals surface area (Å²) in [5.41, 5.74) is 0.944. The molecule has 0 saturated carbocycles. The zero-order valence-corrected chi connectivity index (χ0v) is 9.67. The zero-order valence-electron chi connectivity index (χ0n) is 9.67. The number of nitrogens with zero attached hydrogens (tertiary/aromatic N) is 3. The Morgan fingerprint density at radius 2 is 2.29 bits per heavy atom. The molecule has 1 saturated heterocycles. The van der Waals surface area contributed by atoms with Gasteiger partial charge < -0.3 is 4.90 Å². The Balaban J connectivity index is 1.88. The maximum absolute atomic E-state index is 12.0. The molecule has 1 fully saturated rings. The lowest BCUT2D eigenvalue weighted by atomic mass is 9.98. The van der Waals surface area contributed by atoms with Crippen LogP contribution in [0.2, 0.25) is 0 Å². The van der Waals surface area contributed by atoms with E-state index in [-0.39, 0.29) is 11.8 Å². The Bertz CT molecular complexity index is 416. The highest BCUT2D eigenvalue weighted by atomic mass is 16.2. The molecule has 0 spiro atoms. The van der Waals surface area contributed by atoms with Gasteiger partial charge in [0.1, 0.15) is 0 Å². The number of amides is 1. The highest BCUT2D eigenvalue weighted by Gasteiger charge is 2.22. The molecule has 0 N–H and O–H groups in total. The molecule has 17 heavy (non-hydrogen) atoms. The van der Waals surface area contributed by atoms with Gasteiger partial charge in [-0.2, -0.15) is 5.26 Å². The fraction of sp³-hybridized carbons (Fsp3) is 0.462. The molecule has 0 radical (unpaired) electrons. The van der Waals surface area contributed by atoms with Gasteiger partial charge in [0.25, 0.3) is 0 Å². The van der Waals surface area contributed by atoms with Gasteiger partial charge in [0.15, 0.2) is 0 Å². The topological polar surface area (TPSA) is 57.0 Å². The third-order valence-electron chi connectivity index (χ3n) is 3.11. The van der Waals surface area contributed by atoms with E-state index >= 15 is 0 Å². The number of likely N-dealkylation sites (tertiary alicyclic amines) is 1. The summed E-state index contributed by atoms with van der Waals surface area (Å²) in [5, 5.41) is 8.79. The van der Waals surface area contributed by atoms with E-state index in [2.05, 4.69) is 11.1 Å². The van der Waals surface area contributed by atoms with Crippen LogP contribution in [0.5, 0.6) is 0 Å². The van der Waals surface area contributed by atoms with E-state index in [1.54, 1.807) is 12.4 Å². The molecular weight excluding hydrogens is 214 g/mol. The van der Waals surface area contributed by atoms with E-state index < -0.39 is 0 Å². The molecule has 1 aliphatic rings. The van der Waals surface area contributed by atoms with Crippen molar-refractivity contribution in [3.8, 4) is 6.07 Å². The summed E-state index contributed by atoms with van der Waals surface area (Å²) < 4.78 is 0. The Hall–Kier alpha value is -1.89. The van der Waals surface area contributed by atoms with Crippen molar-refractivity contribution in [2.45, 2.75) is 19.3 Å². The second kappa shape index (κ2) is 5.44. The molecule has 0 atom stereocenters. The lowest BCUT2D eigenvalue weighted by Gasteiger charge is -2.29. The molecule has 0 bridgehead atoms. The minimum absolute atomic E-state index is 0.123. The minimum atomic E-state index is 0.123. The highest BCUT2D eigenvalue weighted by molar-refractivity contribution is 5.78. The van der Waals surface area contributed by atoms with Crippen LogP contribution < -0.4 is 0 Å². The third-order valence-corrected chi connectivity index (χ3v) is 3.11. The van der Waals surface area contributed by atoms with Gasteiger partial charge in [-0.25, -0.2) is 0 Å². The summed E-state index contributed by atoms with van der Waals surface area (Å²) in [5.74, 6) is 0.256.